The fraction of sp³-hybridized carbons (Fsp3) is 0.379. The summed E-state index contributed by atoms with van der Waals surface area (Å²) in [6, 6.07) is 11.1. The van der Waals surface area contributed by atoms with Crippen LogP contribution in [-0.2, 0) is 19.0 Å². The predicted molar refractivity (Wildman–Crippen MR) is 150 cm³/mol. The second kappa shape index (κ2) is 10.3. The minimum atomic E-state index is -0.545. The summed E-state index contributed by atoms with van der Waals surface area (Å²) < 4.78 is 21.5. The lowest BCUT2D eigenvalue weighted by molar-refractivity contribution is 0.0692. The van der Waals surface area contributed by atoms with Gasteiger partial charge in [-0.3, -0.25) is 4.90 Å². The number of ether oxygens (including phenoxy) is 1. The molecular weight excluding hydrogens is 517 g/mol. The van der Waals surface area contributed by atoms with E-state index in [0.29, 0.717) is 12.2 Å². The van der Waals surface area contributed by atoms with E-state index in [2.05, 4.69) is 25.8 Å². The topological polar surface area (TPSA) is 82.9 Å². The van der Waals surface area contributed by atoms with Crippen LogP contribution in [0.4, 0.5) is 14.9 Å². The molecule has 8 nitrogen and oxygen atoms in total. The van der Waals surface area contributed by atoms with E-state index in [1.54, 1.807) is 35.5 Å². The van der Waals surface area contributed by atoms with Crippen molar-refractivity contribution >= 4 is 34.0 Å². The Morgan fingerprint density at radius 2 is 2.08 bits per heavy atom. The average Bonchev–Trinajstić information content (AvgIpc) is 3.56. The summed E-state index contributed by atoms with van der Waals surface area (Å²) in [5.74, 6) is 0.341. The van der Waals surface area contributed by atoms with Crippen molar-refractivity contribution in [3.63, 3.8) is 0 Å². The van der Waals surface area contributed by atoms with Crippen molar-refractivity contribution in [2.45, 2.75) is 30.8 Å². The van der Waals surface area contributed by atoms with Crippen molar-refractivity contribution in [2.75, 3.05) is 38.7 Å². The molecule has 2 aliphatic heterocycles. The van der Waals surface area contributed by atoms with Gasteiger partial charge in [-0.15, -0.1) is 11.3 Å². The van der Waals surface area contributed by atoms with Gasteiger partial charge < -0.3 is 24.6 Å². The number of nitrogens with one attached hydrogen (secondary N) is 1. The first-order chi connectivity index (χ1) is 18.9. The molecule has 6 rings (SSSR count). The Hall–Kier alpha value is -3.47. The fourth-order valence-corrected chi connectivity index (χ4v) is 7.06. The fourth-order valence-electron chi connectivity index (χ4n) is 6.40. The number of rotatable bonds is 5. The van der Waals surface area contributed by atoms with Gasteiger partial charge in [-0.25, -0.2) is 14.2 Å². The molecule has 2 N–H and O–H groups in total. The quantitative estimate of drug-likeness (QED) is 0.370. The molecule has 4 aromatic rings. The zero-order chi connectivity index (χ0) is 27.1. The van der Waals surface area contributed by atoms with Crippen molar-refractivity contribution < 1.29 is 19.0 Å². The van der Waals surface area contributed by atoms with E-state index in [1.165, 1.54) is 17.7 Å². The third kappa shape index (κ3) is 4.56. The van der Waals surface area contributed by atoms with Gasteiger partial charge in [0.25, 0.3) is 0 Å². The Balaban J connectivity index is 1.41. The monoisotopic (exact) mass is 549 g/mol. The minimum absolute atomic E-state index is 0.225. The smallest absolute Gasteiger partial charge is 0.322 e. The number of benzene rings is 2. The second-order valence-corrected chi connectivity index (χ2v) is 11.4. The molecule has 2 amide bonds. The Bertz CT molecular complexity index is 1500. The number of hydrogen-bond donors (Lipinski definition) is 2. The molecule has 2 aliphatic rings. The van der Waals surface area contributed by atoms with Crippen molar-refractivity contribution in [1.82, 2.24) is 19.4 Å². The van der Waals surface area contributed by atoms with Gasteiger partial charge in [0.05, 0.1) is 31.8 Å². The number of likely N-dealkylation sites (tertiary alicyclic amines) is 1. The van der Waals surface area contributed by atoms with E-state index in [1.807, 2.05) is 30.8 Å². The number of aryl methyl sites for hydroxylation is 1. The molecule has 0 unspecified atom stereocenters. The van der Waals surface area contributed by atoms with Crippen LogP contribution in [0.5, 0.6) is 5.75 Å². The summed E-state index contributed by atoms with van der Waals surface area (Å²) in [7, 11) is 3.64. The van der Waals surface area contributed by atoms with E-state index in [-0.39, 0.29) is 18.1 Å². The number of aromatic nitrogens is 2. The number of halogens is 1. The average molecular weight is 550 g/mol. The number of urea groups is 1. The molecule has 1 spiro atoms. The number of fused-ring (bicyclic) bond motifs is 4. The van der Waals surface area contributed by atoms with E-state index in [4.69, 9.17) is 4.74 Å². The van der Waals surface area contributed by atoms with Crippen molar-refractivity contribution in [3.05, 3.63) is 76.1 Å². The summed E-state index contributed by atoms with van der Waals surface area (Å²) in [5, 5.41) is 17.8. The SMILES string of the molecule is COc1ccc2c3c(n(C)c2c1)[C@@H](CO)N(C(=O)Nc1cccc(F)c1)CC31CCN(Cc2nccs2)CC1. The Morgan fingerprint density at radius 1 is 1.26 bits per heavy atom. The van der Waals surface area contributed by atoms with E-state index in [0.717, 1.165) is 59.8 Å². The first kappa shape index (κ1) is 25.8. The van der Waals surface area contributed by atoms with Gasteiger partial charge in [-0.05, 0) is 61.8 Å². The molecule has 1 atom stereocenters. The maximum atomic E-state index is 13.9. The van der Waals surface area contributed by atoms with Gasteiger partial charge in [0.15, 0.2) is 0 Å². The largest absolute Gasteiger partial charge is 0.497 e. The number of thiazole rings is 1. The molecule has 2 aromatic heterocycles. The Labute approximate surface area is 230 Å². The van der Waals surface area contributed by atoms with Crippen LogP contribution < -0.4 is 10.1 Å². The lowest BCUT2D eigenvalue weighted by Crippen LogP contribution is -2.56. The molecule has 0 aliphatic carbocycles. The second-order valence-electron chi connectivity index (χ2n) is 10.5. The van der Waals surface area contributed by atoms with Crippen LogP contribution in [0.2, 0.25) is 0 Å². The maximum absolute atomic E-state index is 13.9. The number of nitrogens with zero attached hydrogens (tertiary/aromatic N) is 4. The zero-order valence-electron chi connectivity index (χ0n) is 22.1. The standard InChI is InChI=1S/C29H32FN5O3S/c1-33-23-15-21(38-2)6-7-22(23)26-27(33)24(17-36)35(28(37)32-20-5-3-4-19(30)14-20)18-29(26)8-11-34(12-9-29)16-25-31-10-13-39-25/h3-7,10,13-15,24,36H,8-9,11-12,16-18H2,1-2H3,(H,32,37)/t24-/m1/s1. The molecule has 0 radical (unpaired) electrons. The Morgan fingerprint density at radius 3 is 2.77 bits per heavy atom. The first-order valence-electron chi connectivity index (χ1n) is 13.1. The summed E-state index contributed by atoms with van der Waals surface area (Å²) in [4.78, 5) is 22.3. The summed E-state index contributed by atoms with van der Waals surface area (Å²) in [5.41, 5.74) is 3.25. The number of piperidine rings is 1. The minimum Gasteiger partial charge on any atom is -0.497 e. The number of aliphatic hydroxyl groups is 1. The number of hydrogen-bond acceptors (Lipinski definition) is 6. The van der Waals surface area contributed by atoms with Crippen LogP contribution in [0.25, 0.3) is 10.9 Å². The number of carbonyl (C=O) groups is 1. The molecule has 4 heterocycles. The number of aliphatic hydroxyl groups excluding tert-OH is 1. The van der Waals surface area contributed by atoms with Crippen LogP contribution >= 0.6 is 11.3 Å². The van der Waals surface area contributed by atoms with E-state index < -0.39 is 11.9 Å². The van der Waals surface area contributed by atoms with Crippen LogP contribution in [-0.4, -0.2) is 63.8 Å². The van der Waals surface area contributed by atoms with Gasteiger partial charge in [-0.1, -0.05) is 6.07 Å². The predicted octanol–water partition coefficient (Wildman–Crippen LogP) is 4.90. The highest BCUT2D eigenvalue weighted by Crippen LogP contribution is 2.50. The number of methoxy groups -OCH3 is 1. The first-order valence-corrected chi connectivity index (χ1v) is 14.0. The van der Waals surface area contributed by atoms with Gasteiger partial charge in [0, 0.05) is 53.4 Å². The van der Waals surface area contributed by atoms with Crippen molar-refractivity contribution in [3.8, 4) is 5.75 Å². The highest BCUT2D eigenvalue weighted by molar-refractivity contribution is 7.09. The lowest BCUT2D eigenvalue weighted by Gasteiger charge is -2.50. The molecule has 204 valence electrons. The summed E-state index contributed by atoms with van der Waals surface area (Å²) in [6.07, 6.45) is 3.56. The lowest BCUT2D eigenvalue weighted by atomic mass is 9.68. The maximum Gasteiger partial charge on any atom is 0.322 e. The molecule has 1 saturated heterocycles. The van der Waals surface area contributed by atoms with E-state index >= 15 is 0 Å². The highest BCUT2D eigenvalue weighted by Gasteiger charge is 2.49. The van der Waals surface area contributed by atoms with Gasteiger partial charge in [0.1, 0.15) is 16.6 Å². The van der Waals surface area contributed by atoms with Crippen LogP contribution in [0.1, 0.15) is 35.1 Å². The highest BCUT2D eigenvalue weighted by atomic mass is 32.1. The molecule has 10 heteroatoms. The molecule has 0 bridgehead atoms. The van der Waals surface area contributed by atoms with Crippen LogP contribution in [0.15, 0.2) is 54.0 Å². The normalized spacial score (nSPS) is 18.9. The molecule has 0 saturated carbocycles. The molecular formula is C29H32FN5O3S. The number of anilines is 1. The Kier molecular flexibility index (Phi) is 6.78. The third-order valence-electron chi connectivity index (χ3n) is 8.31. The van der Waals surface area contributed by atoms with Gasteiger partial charge in [-0.2, -0.15) is 0 Å². The molecule has 39 heavy (non-hydrogen) atoms. The van der Waals surface area contributed by atoms with Crippen LogP contribution in [0, 0.1) is 5.82 Å². The van der Waals surface area contributed by atoms with Crippen molar-refractivity contribution in [2.24, 2.45) is 7.05 Å². The summed E-state index contributed by atoms with van der Waals surface area (Å²) >= 11 is 1.67. The van der Waals surface area contributed by atoms with Gasteiger partial charge >= 0.3 is 6.03 Å². The molecule has 2 aromatic carbocycles. The third-order valence-corrected chi connectivity index (χ3v) is 9.08. The number of amides is 2. The van der Waals surface area contributed by atoms with Gasteiger partial charge in [0.2, 0.25) is 0 Å². The number of carbonyl (C=O) groups excluding carboxylic acids is 1. The molecule has 1 fully saturated rings. The van der Waals surface area contributed by atoms with E-state index in [9.17, 15) is 14.3 Å². The zero-order valence-corrected chi connectivity index (χ0v) is 22.9. The summed E-state index contributed by atoms with van der Waals surface area (Å²) in [6.45, 7) is 2.79. The van der Waals surface area contributed by atoms with Crippen LogP contribution in [0.3, 0.4) is 0 Å². The van der Waals surface area contributed by atoms with Crippen molar-refractivity contribution in [1.29, 1.82) is 0 Å².